The molecule has 3 rings (SSSR count). The van der Waals surface area contributed by atoms with Crippen LogP contribution in [0.5, 0.6) is 0 Å². The Hall–Kier alpha value is -1.08. The van der Waals surface area contributed by atoms with Crippen molar-refractivity contribution in [2.24, 2.45) is 0 Å². The Morgan fingerprint density at radius 3 is 1.27 bits per heavy atom. The molecule has 0 spiro atoms. The molecule has 0 amide bonds. The first-order valence-corrected chi connectivity index (χ1v) is 11.6. The second-order valence-corrected chi connectivity index (χ2v) is 10.4. The van der Waals surface area contributed by atoms with Gasteiger partial charge in [0.15, 0.2) is 0 Å². The van der Waals surface area contributed by atoms with Crippen molar-refractivity contribution in [3.8, 4) is 0 Å². The van der Waals surface area contributed by atoms with Crippen LogP contribution >= 0.6 is 19.9 Å². The van der Waals surface area contributed by atoms with Gasteiger partial charge in [-0.15, -0.1) is 0 Å². The van der Waals surface area contributed by atoms with Crippen LogP contribution in [-0.2, 0) is 0 Å². The third-order valence-corrected chi connectivity index (χ3v) is 9.58. The zero-order valence-corrected chi connectivity index (χ0v) is 18.3. The van der Waals surface area contributed by atoms with E-state index in [9.17, 15) is 0 Å². The van der Waals surface area contributed by atoms with E-state index < -0.39 is 7.26 Å². The zero-order valence-electron chi connectivity index (χ0n) is 15.0. The maximum absolute atomic E-state index is 4.38. The summed E-state index contributed by atoms with van der Waals surface area (Å²) in [6.45, 7) is 0. The molecule has 0 aliphatic carbocycles. The van der Waals surface area contributed by atoms with Crippen molar-refractivity contribution in [1.82, 2.24) is 0 Å². The van der Waals surface area contributed by atoms with Gasteiger partial charge in [0.05, 0.1) is 6.16 Å². The molecule has 0 aliphatic rings. The normalized spacial score (nSPS) is 11.0. The van der Waals surface area contributed by atoms with E-state index in [0.29, 0.717) is 0 Å². The Kier molecular flexibility index (Phi) is 8.91. The fourth-order valence-corrected chi connectivity index (χ4v) is 8.15. The average Bonchev–Trinajstić information content (AvgIpc) is 2.70. The number of benzene rings is 3. The molecule has 0 heterocycles. The van der Waals surface area contributed by atoms with Crippen LogP contribution < -0.4 is 32.9 Å². The second kappa shape index (κ2) is 10.9. The lowest BCUT2D eigenvalue weighted by atomic mass is 10.3. The van der Waals surface area contributed by atoms with Gasteiger partial charge < -0.3 is 17.0 Å². The van der Waals surface area contributed by atoms with Crippen molar-refractivity contribution in [3.05, 3.63) is 91.0 Å². The van der Waals surface area contributed by atoms with Crippen LogP contribution in [0.15, 0.2) is 91.0 Å². The SMILES string of the molecule is SCCCCC[P+](c1ccccc1)(c1ccccc1)c1ccccc1.[Br-]. The summed E-state index contributed by atoms with van der Waals surface area (Å²) in [4.78, 5) is 0. The first-order valence-electron chi connectivity index (χ1n) is 9.04. The fraction of sp³-hybridized carbons (Fsp3) is 0.217. The van der Waals surface area contributed by atoms with Crippen LogP contribution in [0.4, 0.5) is 0 Å². The van der Waals surface area contributed by atoms with Crippen LogP contribution in [0.25, 0.3) is 0 Å². The van der Waals surface area contributed by atoms with Crippen LogP contribution in [-0.4, -0.2) is 11.9 Å². The maximum Gasteiger partial charge on any atom is 0.112 e. The summed E-state index contributed by atoms with van der Waals surface area (Å²) >= 11 is 4.38. The lowest BCUT2D eigenvalue weighted by Gasteiger charge is -2.27. The van der Waals surface area contributed by atoms with E-state index in [-0.39, 0.29) is 17.0 Å². The minimum absolute atomic E-state index is 0. The van der Waals surface area contributed by atoms with E-state index in [1.165, 1.54) is 41.3 Å². The quantitative estimate of drug-likeness (QED) is 0.307. The topological polar surface area (TPSA) is 0 Å². The van der Waals surface area contributed by atoms with Crippen molar-refractivity contribution < 1.29 is 17.0 Å². The van der Waals surface area contributed by atoms with Gasteiger partial charge in [0, 0.05) is 0 Å². The van der Waals surface area contributed by atoms with E-state index in [4.69, 9.17) is 0 Å². The Morgan fingerprint density at radius 1 is 0.538 bits per heavy atom. The zero-order chi connectivity index (χ0) is 17.4. The molecule has 0 aliphatic heterocycles. The molecule has 0 unspecified atom stereocenters. The van der Waals surface area contributed by atoms with E-state index >= 15 is 0 Å². The molecule has 0 aromatic heterocycles. The number of rotatable bonds is 8. The molecule has 26 heavy (non-hydrogen) atoms. The molecule has 3 aromatic rings. The highest BCUT2D eigenvalue weighted by Crippen LogP contribution is 2.55. The minimum Gasteiger partial charge on any atom is -1.00 e. The molecule has 0 N–H and O–H groups in total. The highest BCUT2D eigenvalue weighted by atomic mass is 79.9. The van der Waals surface area contributed by atoms with Gasteiger partial charge in [0.1, 0.15) is 23.2 Å². The minimum atomic E-state index is -1.62. The van der Waals surface area contributed by atoms with E-state index in [1.54, 1.807) is 0 Å². The van der Waals surface area contributed by atoms with Crippen LogP contribution in [0, 0.1) is 0 Å². The second-order valence-electron chi connectivity index (χ2n) is 6.32. The predicted molar refractivity (Wildman–Crippen MR) is 118 cm³/mol. The standard InChI is InChI=1S/C23H25PS.BrH/c25-20-12-4-11-19-24(21-13-5-1-6-14-21,22-15-7-2-8-16-22)23-17-9-3-10-18-23;/h1-3,5-10,13-18H,4,11-12,19-20H2;1H. The van der Waals surface area contributed by atoms with Gasteiger partial charge in [-0.1, -0.05) is 54.6 Å². The first kappa shape index (κ1) is 21.2. The third kappa shape index (κ3) is 4.80. The Bertz CT molecular complexity index is 650. The number of hydrogen-bond acceptors (Lipinski definition) is 1. The number of unbranched alkanes of at least 4 members (excludes halogenated alkanes) is 2. The van der Waals surface area contributed by atoms with Crippen molar-refractivity contribution in [1.29, 1.82) is 0 Å². The Morgan fingerprint density at radius 2 is 0.923 bits per heavy atom. The maximum atomic E-state index is 4.38. The van der Waals surface area contributed by atoms with Gasteiger partial charge in [-0.2, -0.15) is 12.6 Å². The summed E-state index contributed by atoms with van der Waals surface area (Å²) in [5, 5.41) is 4.45. The summed E-state index contributed by atoms with van der Waals surface area (Å²) in [6, 6.07) is 33.4. The molecule has 0 fully saturated rings. The molecule has 3 heteroatoms. The van der Waals surface area contributed by atoms with Gasteiger partial charge in [-0.05, 0) is 61.4 Å². The predicted octanol–water partition coefficient (Wildman–Crippen LogP) is 2.08. The smallest absolute Gasteiger partial charge is 0.112 e. The summed E-state index contributed by atoms with van der Waals surface area (Å²) < 4.78 is 0. The lowest BCUT2D eigenvalue weighted by molar-refractivity contribution is -0.00000481. The molecule has 0 bridgehead atoms. The number of hydrogen-bond donors (Lipinski definition) is 1. The molecule has 0 nitrogen and oxygen atoms in total. The molecule has 0 saturated heterocycles. The molecule has 3 aromatic carbocycles. The van der Waals surface area contributed by atoms with Crippen LogP contribution in [0.3, 0.4) is 0 Å². The average molecular weight is 445 g/mol. The molecular weight excluding hydrogens is 419 g/mol. The van der Waals surface area contributed by atoms with Crippen molar-refractivity contribution in [3.63, 3.8) is 0 Å². The van der Waals surface area contributed by atoms with E-state index in [2.05, 4.69) is 104 Å². The molecule has 0 saturated carbocycles. The van der Waals surface area contributed by atoms with Gasteiger partial charge in [-0.25, -0.2) is 0 Å². The van der Waals surface area contributed by atoms with Crippen molar-refractivity contribution in [2.75, 3.05) is 11.9 Å². The summed E-state index contributed by atoms with van der Waals surface area (Å²) in [7, 11) is -1.62. The lowest BCUT2D eigenvalue weighted by Crippen LogP contribution is -3.00. The fourth-order valence-electron chi connectivity index (χ4n) is 3.52. The molecule has 136 valence electrons. The highest BCUT2D eigenvalue weighted by molar-refractivity contribution is 7.95. The van der Waals surface area contributed by atoms with Crippen molar-refractivity contribution >= 4 is 35.8 Å². The Labute approximate surface area is 174 Å². The van der Waals surface area contributed by atoms with Gasteiger partial charge in [0.25, 0.3) is 0 Å². The van der Waals surface area contributed by atoms with E-state index in [1.807, 2.05) is 0 Å². The Balaban J connectivity index is 0.00000243. The monoisotopic (exact) mass is 444 g/mol. The third-order valence-electron chi connectivity index (χ3n) is 4.74. The van der Waals surface area contributed by atoms with Crippen LogP contribution in [0.1, 0.15) is 19.3 Å². The van der Waals surface area contributed by atoms with Crippen LogP contribution in [0.2, 0.25) is 0 Å². The summed E-state index contributed by atoms with van der Waals surface area (Å²) in [5.41, 5.74) is 0. The number of halogens is 1. The number of thiol groups is 1. The molecular formula is C23H26BrPS. The first-order chi connectivity index (χ1) is 12.4. The van der Waals surface area contributed by atoms with Gasteiger partial charge in [0.2, 0.25) is 0 Å². The van der Waals surface area contributed by atoms with Gasteiger partial charge >= 0.3 is 0 Å². The molecule has 0 radical (unpaired) electrons. The summed E-state index contributed by atoms with van der Waals surface area (Å²) in [6.07, 6.45) is 4.91. The largest absolute Gasteiger partial charge is 1.00 e. The summed E-state index contributed by atoms with van der Waals surface area (Å²) in [5.74, 6) is 0.980. The highest BCUT2D eigenvalue weighted by Gasteiger charge is 2.44. The van der Waals surface area contributed by atoms with Gasteiger partial charge in [-0.3, -0.25) is 0 Å². The van der Waals surface area contributed by atoms with E-state index in [0.717, 1.165) is 5.75 Å². The van der Waals surface area contributed by atoms with Crippen molar-refractivity contribution in [2.45, 2.75) is 19.3 Å². The molecule has 0 atom stereocenters.